The summed E-state index contributed by atoms with van der Waals surface area (Å²) in [5, 5.41) is 11.5. The molecule has 1 N–H and O–H groups in total. The van der Waals surface area contributed by atoms with Crippen LogP contribution in [0.4, 0.5) is 5.69 Å². The second-order valence-corrected chi connectivity index (χ2v) is 8.67. The Labute approximate surface area is 182 Å². The predicted octanol–water partition coefficient (Wildman–Crippen LogP) is 3.57. The predicted molar refractivity (Wildman–Crippen MR) is 111 cm³/mol. The highest BCUT2D eigenvalue weighted by Crippen LogP contribution is 2.21. The highest BCUT2D eigenvalue weighted by atomic mass is 35.5. The zero-order valence-electron chi connectivity index (χ0n) is 15.9. The molecule has 2 aromatic carbocycles. The van der Waals surface area contributed by atoms with E-state index in [1.54, 1.807) is 18.2 Å². The van der Waals surface area contributed by atoms with Crippen LogP contribution in [0.3, 0.4) is 0 Å². The highest BCUT2D eigenvalue weighted by molar-refractivity contribution is 7.90. The van der Waals surface area contributed by atoms with E-state index in [4.69, 9.17) is 26.0 Å². The molecule has 0 radical (unpaired) electrons. The summed E-state index contributed by atoms with van der Waals surface area (Å²) in [6.07, 6.45) is 1.17. The lowest BCUT2D eigenvalue weighted by Gasteiger charge is -2.08. The third-order valence-corrected chi connectivity index (χ3v) is 6.08. The summed E-state index contributed by atoms with van der Waals surface area (Å²) in [5.41, 5.74) is 0.688. The van der Waals surface area contributed by atoms with Crippen LogP contribution < -0.4 is 5.32 Å². The van der Waals surface area contributed by atoms with Crippen LogP contribution in [0, 0.1) is 11.3 Å². The number of anilines is 1. The average Bonchev–Trinajstić information content (AvgIpc) is 3.20. The number of hydrogen-bond donors (Lipinski definition) is 1. The largest absolute Gasteiger partial charge is 0.457 e. The maximum absolute atomic E-state index is 12.5. The van der Waals surface area contributed by atoms with Crippen LogP contribution >= 0.6 is 11.6 Å². The lowest BCUT2D eigenvalue weighted by atomic mass is 10.2. The van der Waals surface area contributed by atoms with Crippen LogP contribution in [0.1, 0.15) is 21.7 Å². The van der Waals surface area contributed by atoms with Gasteiger partial charge in [0, 0.05) is 11.3 Å². The van der Waals surface area contributed by atoms with Crippen molar-refractivity contribution in [2.75, 3.05) is 11.9 Å². The van der Waals surface area contributed by atoms with Crippen LogP contribution in [0.15, 0.2) is 70.2 Å². The minimum atomic E-state index is -3.70. The van der Waals surface area contributed by atoms with Crippen molar-refractivity contribution >= 4 is 39.0 Å². The number of benzene rings is 2. The summed E-state index contributed by atoms with van der Waals surface area (Å²) in [7, 11) is -3.70. The number of halogens is 1. The summed E-state index contributed by atoms with van der Waals surface area (Å²) in [5.74, 6) is -2.39. The fraction of sp³-hybridized carbons (Fsp3) is 0.0952. The molecule has 1 amide bonds. The number of esters is 1. The van der Waals surface area contributed by atoms with E-state index in [1.807, 2.05) is 6.07 Å². The van der Waals surface area contributed by atoms with Crippen molar-refractivity contribution in [1.82, 2.24) is 0 Å². The molecule has 158 valence electrons. The zero-order chi connectivity index (χ0) is 22.4. The fourth-order valence-corrected chi connectivity index (χ4v) is 4.22. The Kier molecular flexibility index (Phi) is 6.74. The lowest BCUT2D eigenvalue weighted by molar-refractivity contribution is -0.119. The van der Waals surface area contributed by atoms with Crippen molar-refractivity contribution in [2.24, 2.45) is 0 Å². The molecule has 0 aliphatic carbocycles. The van der Waals surface area contributed by atoms with Crippen molar-refractivity contribution in [3.8, 4) is 6.07 Å². The van der Waals surface area contributed by atoms with Crippen molar-refractivity contribution in [1.29, 1.82) is 5.26 Å². The van der Waals surface area contributed by atoms with Gasteiger partial charge in [-0.2, -0.15) is 5.26 Å². The van der Waals surface area contributed by atoms with Gasteiger partial charge in [-0.15, -0.1) is 0 Å². The molecule has 1 heterocycles. The standard InChI is InChI=1S/C21H15ClN2O6S/c22-18-10-16(7-6-14(18)11-23)24-19(25)12-30-21(26)20-15(8-9-29-20)13-31(27,28)17-4-2-1-3-5-17/h1-10H,12-13H2,(H,24,25). The summed E-state index contributed by atoms with van der Waals surface area (Å²) < 4.78 is 35.1. The molecule has 3 rings (SSSR count). The second-order valence-electron chi connectivity index (χ2n) is 6.28. The number of hydrogen-bond acceptors (Lipinski definition) is 7. The molecule has 31 heavy (non-hydrogen) atoms. The van der Waals surface area contributed by atoms with Crippen molar-refractivity contribution in [3.63, 3.8) is 0 Å². The molecule has 0 unspecified atom stereocenters. The number of nitrogens with one attached hydrogen (secondary N) is 1. The summed E-state index contributed by atoms with van der Waals surface area (Å²) in [6.45, 7) is -0.637. The van der Waals surface area contributed by atoms with E-state index in [-0.39, 0.29) is 26.8 Å². The topological polar surface area (TPSA) is 126 Å². The van der Waals surface area contributed by atoms with E-state index in [0.29, 0.717) is 5.69 Å². The summed E-state index contributed by atoms with van der Waals surface area (Å²) in [6, 6.07) is 15.3. The molecular weight excluding hydrogens is 444 g/mol. The van der Waals surface area contributed by atoms with Crippen LogP contribution in [0.2, 0.25) is 5.02 Å². The van der Waals surface area contributed by atoms with E-state index in [9.17, 15) is 18.0 Å². The first-order valence-electron chi connectivity index (χ1n) is 8.81. The van der Waals surface area contributed by atoms with Gasteiger partial charge < -0.3 is 14.5 Å². The number of rotatable bonds is 7. The Morgan fingerprint density at radius 2 is 1.87 bits per heavy atom. The van der Waals surface area contributed by atoms with E-state index in [2.05, 4.69) is 5.32 Å². The molecule has 0 aliphatic rings. The Morgan fingerprint density at radius 3 is 2.55 bits per heavy atom. The van der Waals surface area contributed by atoms with Crippen molar-refractivity contribution in [3.05, 3.63) is 82.8 Å². The molecule has 0 spiro atoms. The average molecular weight is 459 g/mol. The van der Waals surface area contributed by atoms with Gasteiger partial charge in [0.15, 0.2) is 16.4 Å². The maximum atomic E-state index is 12.5. The van der Waals surface area contributed by atoms with Crippen LogP contribution in [-0.2, 0) is 25.1 Å². The molecule has 0 saturated heterocycles. The molecule has 3 aromatic rings. The van der Waals surface area contributed by atoms with E-state index in [1.165, 1.54) is 42.7 Å². The Morgan fingerprint density at radius 1 is 1.13 bits per heavy atom. The van der Waals surface area contributed by atoms with Crippen LogP contribution in [0.5, 0.6) is 0 Å². The van der Waals surface area contributed by atoms with Gasteiger partial charge in [-0.3, -0.25) is 4.79 Å². The molecule has 0 aliphatic heterocycles. The molecule has 1 aromatic heterocycles. The quantitative estimate of drug-likeness (QED) is 0.536. The smallest absolute Gasteiger partial charge is 0.375 e. The monoisotopic (exact) mass is 458 g/mol. The number of carbonyl (C=O) groups is 2. The van der Waals surface area contributed by atoms with Gasteiger partial charge in [-0.05, 0) is 36.4 Å². The fourth-order valence-electron chi connectivity index (χ4n) is 2.62. The number of amides is 1. The van der Waals surface area contributed by atoms with E-state index < -0.39 is 34.1 Å². The van der Waals surface area contributed by atoms with Gasteiger partial charge in [-0.25, -0.2) is 13.2 Å². The first-order valence-corrected chi connectivity index (χ1v) is 10.8. The molecule has 0 fully saturated rings. The van der Waals surface area contributed by atoms with Gasteiger partial charge in [0.25, 0.3) is 5.91 Å². The van der Waals surface area contributed by atoms with Gasteiger partial charge >= 0.3 is 5.97 Å². The third-order valence-electron chi connectivity index (χ3n) is 4.09. The van der Waals surface area contributed by atoms with Crippen LogP contribution in [0.25, 0.3) is 0 Å². The van der Waals surface area contributed by atoms with E-state index >= 15 is 0 Å². The highest BCUT2D eigenvalue weighted by Gasteiger charge is 2.24. The summed E-state index contributed by atoms with van der Waals surface area (Å²) >= 11 is 5.90. The van der Waals surface area contributed by atoms with Gasteiger partial charge in [-0.1, -0.05) is 29.8 Å². The third kappa shape index (κ3) is 5.51. The minimum absolute atomic E-state index is 0.107. The lowest BCUT2D eigenvalue weighted by Crippen LogP contribution is -2.21. The van der Waals surface area contributed by atoms with Crippen LogP contribution in [-0.4, -0.2) is 26.9 Å². The Bertz CT molecular complexity index is 1260. The van der Waals surface area contributed by atoms with E-state index in [0.717, 1.165) is 0 Å². The molecule has 0 saturated carbocycles. The molecule has 0 atom stereocenters. The Hall–Kier alpha value is -3.61. The Balaban J connectivity index is 1.62. The van der Waals surface area contributed by atoms with Gasteiger partial charge in [0.1, 0.15) is 6.07 Å². The number of nitriles is 1. The van der Waals surface area contributed by atoms with Crippen molar-refractivity contribution < 1.29 is 27.2 Å². The zero-order valence-corrected chi connectivity index (χ0v) is 17.4. The SMILES string of the molecule is N#Cc1ccc(NC(=O)COC(=O)c2occc2CS(=O)(=O)c2ccccc2)cc1Cl. The number of ether oxygens (including phenoxy) is 1. The number of furan rings is 1. The number of carbonyl (C=O) groups excluding carboxylic acids is 2. The van der Waals surface area contributed by atoms with Gasteiger partial charge in [0.2, 0.25) is 5.76 Å². The minimum Gasteiger partial charge on any atom is -0.457 e. The first-order chi connectivity index (χ1) is 14.8. The first kappa shape index (κ1) is 22.1. The van der Waals surface area contributed by atoms with Gasteiger partial charge in [0.05, 0.1) is 27.5 Å². The number of nitrogens with zero attached hydrogens (tertiary/aromatic N) is 1. The molecular formula is C21H15ClN2O6S. The normalized spacial score (nSPS) is 10.8. The molecule has 10 heteroatoms. The molecule has 0 bridgehead atoms. The van der Waals surface area contributed by atoms with Crippen molar-refractivity contribution in [2.45, 2.75) is 10.6 Å². The summed E-state index contributed by atoms with van der Waals surface area (Å²) in [4.78, 5) is 24.4. The number of sulfone groups is 1. The maximum Gasteiger partial charge on any atom is 0.375 e. The molecule has 8 nitrogen and oxygen atoms in total. The second kappa shape index (κ2) is 9.47.